The molecule has 0 bridgehead atoms. The molecule has 1 amide bonds. The van der Waals surface area contributed by atoms with Crippen LogP contribution in [0.1, 0.15) is 25.7 Å². The maximum atomic E-state index is 11.9. The maximum Gasteiger partial charge on any atom is 0.222 e. The van der Waals surface area contributed by atoms with Gasteiger partial charge < -0.3 is 15.0 Å². The number of rotatable bonds is 7. The fourth-order valence-corrected chi connectivity index (χ4v) is 2.09. The fourth-order valence-electron chi connectivity index (χ4n) is 2.09. The van der Waals surface area contributed by atoms with E-state index in [9.17, 15) is 4.79 Å². The Bertz CT molecular complexity index is 244. The van der Waals surface area contributed by atoms with Crippen molar-refractivity contribution in [3.8, 4) is 0 Å². The van der Waals surface area contributed by atoms with Gasteiger partial charge in [0.25, 0.3) is 0 Å². The van der Waals surface area contributed by atoms with E-state index in [-0.39, 0.29) is 5.91 Å². The number of carbonyl (C=O) groups excluding carboxylic acids is 1. The second-order valence-electron chi connectivity index (χ2n) is 4.43. The van der Waals surface area contributed by atoms with Crippen LogP contribution in [0.4, 0.5) is 0 Å². The molecule has 0 aromatic carbocycles. The lowest BCUT2D eigenvalue weighted by atomic mass is 10.1. The van der Waals surface area contributed by atoms with Crippen LogP contribution >= 0.6 is 0 Å². The van der Waals surface area contributed by atoms with Crippen molar-refractivity contribution >= 4 is 5.91 Å². The van der Waals surface area contributed by atoms with Crippen molar-refractivity contribution in [2.75, 3.05) is 33.4 Å². The minimum Gasteiger partial charge on any atom is -0.377 e. The van der Waals surface area contributed by atoms with Crippen LogP contribution < -0.4 is 5.32 Å². The Morgan fingerprint density at radius 1 is 1.65 bits per heavy atom. The van der Waals surface area contributed by atoms with Crippen molar-refractivity contribution in [3.63, 3.8) is 0 Å². The molecule has 1 heterocycles. The third-order valence-corrected chi connectivity index (χ3v) is 3.10. The molecular weight excluding hydrogens is 216 g/mol. The van der Waals surface area contributed by atoms with Gasteiger partial charge in [0, 0.05) is 32.2 Å². The molecule has 0 radical (unpaired) electrons. The normalized spacial score (nSPS) is 20.3. The van der Waals surface area contributed by atoms with E-state index in [2.05, 4.69) is 11.9 Å². The van der Waals surface area contributed by atoms with Crippen molar-refractivity contribution in [3.05, 3.63) is 12.7 Å². The summed E-state index contributed by atoms with van der Waals surface area (Å²) in [7, 11) is 1.96. The lowest BCUT2D eigenvalue weighted by molar-refractivity contribution is -0.132. The molecule has 1 N–H and O–H groups in total. The molecule has 0 aromatic heterocycles. The summed E-state index contributed by atoms with van der Waals surface area (Å²) in [6.45, 7) is 6.54. The summed E-state index contributed by atoms with van der Waals surface area (Å²) in [4.78, 5) is 13.9. The predicted molar refractivity (Wildman–Crippen MR) is 68.9 cm³/mol. The molecule has 1 aliphatic heterocycles. The third-order valence-electron chi connectivity index (χ3n) is 3.10. The van der Waals surface area contributed by atoms with Crippen LogP contribution in [-0.2, 0) is 9.53 Å². The molecule has 1 atom stereocenters. The molecule has 1 fully saturated rings. The van der Waals surface area contributed by atoms with E-state index in [0.29, 0.717) is 25.7 Å². The molecule has 98 valence electrons. The van der Waals surface area contributed by atoms with Gasteiger partial charge in [0.05, 0.1) is 6.61 Å². The van der Waals surface area contributed by atoms with E-state index in [4.69, 9.17) is 4.74 Å². The smallest absolute Gasteiger partial charge is 0.222 e. The number of piperidine rings is 1. The van der Waals surface area contributed by atoms with Crippen molar-refractivity contribution in [2.45, 2.75) is 31.7 Å². The zero-order chi connectivity index (χ0) is 12.5. The molecule has 0 spiro atoms. The van der Waals surface area contributed by atoms with Gasteiger partial charge in [-0.25, -0.2) is 0 Å². The lowest BCUT2D eigenvalue weighted by Crippen LogP contribution is -2.46. The van der Waals surface area contributed by atoms with Crippen molar-refractivity contribution in [1.29, 1.82) is 0 Å². The largest absolute Gasteiger partial charge is 0.377 e. The van der Waals surface area contributed by atoms with Crippen molar-refractivity contribution < 1.29 is 9.53 Å². The number of likely N-dealkylation sites (tertiary alicyclic amines) is 1. The van der Waals surface area contributed by atoms with Gasteiger partial charge in [0.1, 0.15) is 0 Å². The molecule has 1 rings (SSSR count). The summed E-state index contributed by atoms with van der Waals surface area (Å²) >= 11 is 0. The van der Waals surface area contributed by atoms with Gasteiger partial charge in [-0.15, -0.1) is 6.58 Å². The number of hydrogen-bond donors (Lipinski definition) is 1. The van der Waals surface area contributed by atoms with Gasteiger partial charge in [-0.05, 0) is 26.3 Å². The highest BCUT2D eigenvalue weighted by Crippen LogP contribution is 2.11. The van der Waals surface area contributed by atoms with Crippen LogP contribution in [0.3, 0.4) is 0 Å². The standard InChI is InChI=1S/C13H24N2O2/c1-3-9-17-10-5-7-13(16)15-8-4-6-12(11-15)14-2/h3,12,14H,1,4-11H2,2H3. The molecule has 0 aliphatic carbocycles. The lowest BCUT2D eigenvalue weighted by Gasteiger charge is -2.32. The van der Waals surface area contributed by atoms with Crippen molar-refractivity contribution in [2.24, 2.45) is 0 Å². The Labute approximate surface area is 104 Å². The summed E-state index contributed by atoms with van der Waals surface area (Å²) in [5, 5.41) is 3.24. The highest BCUT2D eigenvalue weighted by atomic mass is 16.5. The topological polar surface area (TPSA) is 41.6 Å². The Balaban J connectivity index is 2.15. The Kier molecular flexibility index (Phi) is 6.89. The second kappa shape index (κ2) is 8.25. The first-order valence-corrected chi connectivity index (χ1v) is 6.41. The molecule has 0 aromatic rings. The third kappa shape index (κ3) is 5.33. The number of ether oxygens (including phenoxy) is 1. The molecule has 0 saturated carbocycles. The zero-order valence-electron chi connectivity index (χ0n) is 10.8. The van der Waals surface area contributed by atoms with Gasteiger partial charge in [0.2, 0.25) is 5.91 Å². The van der Waals surface area contributed by atoms with Gasteiger partial charge in [-0.3, -0.25) is 4.79 Å². The SMILES string of the molecule is C=CCOCCCC(=O)N1CCCC(NC)C1. The molecule has 1 unspecified atom stereocenters. The minimum absolute atomic E-state index is 0.257. The fraction of sp³-hybridized carbons (Fsp3) is 0.769. The molecule has 17 heavy (non-hydrogen) atoms. The van der Waals surface area contributed by atoms with Gasteiger partial charge in [-0.2, -0.15) is 0 Å². The first kappa shape index (κ1) is 14.2. The predicted octanol–water partition coefficient (Wildman–Crippen LogP) is 1.18. The van der Waals surface area contributed by atoms with E-state index in [0.717, 1.165) is 25.9 Å². The monoisotopic (exact) mass is 240 g/mol. The first-order valence-electron chi connectivity index (χ1n) is 6.41. The van der Waals surface area contributed by atoms with E-state index in [1.807, 2.05) is 11.9 Å². The minimum atomic E-state index is 0.257. The zero-order valence-corrected chi connectivity index (χ0v) is 10.8. The van der Waals surface area contributed by atoms with E-state index in [1.54, 1.807) is 6.08 Å². The van der Waals surface area contributed by atoms with Gasteiger partial charge in [0.15, 0.2) is 0 Å². The van der Waals surface area contributed by atoms with E-state index < -0.39 is 0 Å². The van der Waals surface area contributed by atoms with Crippen LogP contribution in [0.25, 0.3) is 0 Å². The Hall–Kier alpha value is -0.870. The quantitative estimate of drug-likeness (QED) is 0.537. The van der Waals surface area contributed by atoms with Crippen LogP contribution in [0, 0.1) is 0 Å². The van der Waals surface area contributed by atoms with E-state index in [1.165, 1.54) is 6.42 Å². The molecule has 1 saturated heterocycles. The number of nitrogens with one attached hydrogen (secondary N) is 1. The Morgan fingerprint density at radius 2 is 2.47 bits per heavy atom. The Morgan fingerprint density at radius 3 is 3.18 bits per heavy atom. The second-order valence-corrected chi connectivity index (χ2v) is 4.43. The van der Waals surface area contributed by atoms with Crippen LogP contribution in [-0.4, -0.2) is 50.2 Å². The average Bonchev–Trinajstić information content (AvgIpc) is 2.38. The number of carbonyl (C=O) groups is 1. The van der Waals surface area contributed by atoms with E-state index >= 15 is 0 Å². The summed E-state index contributed by atoms with van der Waals surface area (Å²) in [5.74, 6) is 0.257. The van der Waals surface area contributed by atoms with Gasteiger partial charge in [-0.1, -0.05) is 6.08 Å². The van der Waals surface area contributed by atoms with Crippen LogP contribution in [0.5, 0.6) is 0 Å². The van der Waals surface area contributed by atoms with Gasteiger partial charge >= 0.3 is 0 Å². The number of amides is 1. The summed E-state index contributed by atoms with van der Waals surface area (Å²) in [6, 6.07) is 0.463. The number of hydrogen-bond acceptors (Lipinski definition) is 3. The summed E-state index contributed by atoms with van der Waals surface area (Å²) in [5.41, 5.74) is 0. The summed E-state index contributed by atoms with van der Waals surface area (Å²) < 4.78 is 5.26. The summed E-state index contributed by atoms with van der Waals surface area (Å²) in [6.07, 6.45) is 5.39. The first-order chi connectivity index (χ1) is 8.27. The molecule has 1 aliphatic rings. The molecule has 4 heteroatoms. The average molecular weight is 240 g/mol. The molecular formula is C13H24N2O2. The van der Waals surface area contributed by atoms with Crippen molar-refractivity contribution in [1.82, 2.24) is 10.2 Å². The number of likely N-dealkylation sites (N-methyl/N-ethyl adjacent to an activating group) is 1. The number of nitrogens with zero attached hydrogens (tertiary/aromatic N) is 1. The van der Waals surface area contributed by atoms with Crippen LogP contribution in [0.2, 0.25) is 0 Å². The van der Waals surface area contributed by atoms with Crippen LogP contribution in [0.15, 0.2) is 12.7 Å². The maximum absolute atomic E-state index is 11.9. The highest BCUT2D eigenvalue weighted by molar-refractivity contribution is 5.76. The highest BCUT2D eigenvalue weighted by Gasteiger charge is 2.21. The molecule has 4 nitrogen and oxygen atoms in total.